The molecule has 2 saturated carbocycles. The quantitative estimate of drug-likeness (QED) is 0.0835. The van der Waals surface area contributed by atoms with E-state index < -0.39 is 21.5 Å². The monoisotopic (exact) mass is 819 g/mol. The summed E-state index contributed by atoms with van der Waals surface area (Å²) in [7, 11) is -4.41. The third-order valence-corrected chi connectivity index (χ3v) is 14.7. The predicted octanol–water partition coefficient (Wildman–Crippen LogP) is 7.51. The number of nitrogens with one attached hydrogen (secondary N) is 3. The van der Waals surface area contributed by atoms with Gasteiger partial charge in [0.15, 0.2) is 0 Å². The molecule has 2 aliphatic carbocycles. The van der Waals surface area contributed by atoms with Crippen molar-refractivity contribution in [1.29, 1.82) is 0 Å². The topological polar surface area (TPSA) is 173 Å². The molecular weight excluding hydrogens is 767 g/mol. The van der Waals surface area contributed by atoms with Gasteiger partial charge in [-0.1, -0.05) is 30.3 Å². The number of aromatic amines is 1. The fraction of sp³-hybridized carbons (Fsp3) is 0.444. The number of phenols is 1. The number of hydrogen-bond acceptors (Lipinski definition) is 11. The first kappa shape index (κ1) is 39.3. The van der Waals surface area contributed by atoms with E-state index in [2.05, 4.69) is 65.1 Å². The number of nitrogens with zero attached hydrogens (tertiary/aromatic N) is 4. The maximum Gasteiger partial charge on any atom is 0.270 e. The molecule has 5 heterocycles. The van der Waals surface area contributed by atoms with Crippen molar-refractivity contribution in [2.45, 2.75) is 93.7 Å². The molecule has 1 atom stereocenters. The zero-order valence-electron chi connectivity index (χ0n) is 33.4. The van der Waals surface area contributed by atoms with Crippen LogP contribution in [0.5, 0.6) is 17.2 Å². The van der Waals surface area contributed by atoms with Crippen molar-refractivity contribution in [3.8, 4) is 17.2 Å². The molecular formula is C45H53N7O6S. The molecule has 0 radical (unpaired) electrons. The molecule has 2 saturated heterocycles. The van der Waals surface area contributed by atoms with Gasteiger partial charge in [0, 0.05) is 61.6 Å². The number of aromatic nitrogens is 3. The molecule has 4 aliphatic rings. The van der Waals surface area contributed by atoms with Crippen LogP contribution in [0.15, 0.2) is 90.2 Å². The number of H-pyrrole nitrogens is 1. The number of phenolic OH excluding ortho intramolecular Hbond substituents is 1. The van der Waals surface area contributed by atoms with Crippen LogP contribution in [0.4, 0.5) is 11.5 Å². The van der Waals surface area contributed by atoms with E-state index in [9.17, 15) is 23.4 Å². The third-order valence-electron chi connectivity index (χ3n) is 13.4. The van der Waals surface area contributed by atoms with E-state index in [1.165, 1.54) is 49.6 Å². The number of anilines is 2. The van der Waals surface area contributed by atoms with E-state index >= 15 is 0 Å². The van der Waals surface area contributed by atoms with Gasteiger partial charge in [-0.25, -0.2) is 23.1 Å². The minimum atomic E-state index is -4.41. The summed E-state index contributed by atoms with van der Waals surface area (Å²) in [6.45, 7) is 5.22. The van der Waals surface area contributed by atoms with E-state index in [0.29, 0.717) is 65.7 Å². The Morgan fingerprint density at radius 2 is 1.73 bits per heavy atom. The summed E-state index contributed by atoms with van der Waals surface area (Å²) in [5.74, 6) is 0.334. The average Bonchev–Trinajstić information content (AvgIpc) is 3.90. The summed E-state index contributed by atoms with van der Waals surface area (Å²) in [5, 5.41) is 25.1. The van der Waals surface area contributed by atoms with Crippen LogP contribution in [0.3, 0.4) is 0 Å². The van der Waals surface area contributed by atoms with Crippen LogP contribution in [-0.4, -0.2) is 82.2 Å². The first-order valence-electron chi connectivity index (χ1n) is 21.0. The van der Waals surface area contributed by atoms with Gasteiger partial charge in [-0.15, -0.1) is 0 Å². The van der Waals surface area contributed by atoms with E-state index in [4.69, 9.17) is 4.74 Å². The number of carbonyl (C=O) groups is 1. The maximum atomic E-state index is 13.8. The number of hydrogen-bond donors (Lipinski definition) is 5. The first-order chi connectivity index (χ1) is 28.4. The number of aromatic hydroxyl groups is 1. The smallest absolute Gasteiger partial charge is 0.270 e. The lowest BCUT2D eigenvalue weighted by Crippen LogP contribution is -2.55. The molecule has 1 spiro atoms. The molecule has 310 valence electrons. The second kappa shape index (κ2) is 15.8. The SMILES string of the molecule is CC1(O)CCC(CNc2ccc(S(=O)(=O)NC(=O)c3cnc(N4CCC5(CC4)CC(N4CCCC4c4ccccc4)C5)cc3Oc3cnc4[nH]ccc4c3)cc2O)CC1. The Hall–Kier alpha value is -5.18. The number of amides is 1. The van der Waals surface area contributed by atoms with Crippen molar-refractivity contribution in [2.24, 2.45) is 11.3 Å². The maximum absolute atomic E-state index is 13.8. The molecule has 13 nitrogen and oxygen atoms in total. The van der Waals surface area contributed by atoms with Crippen LogP contribution in [0.25, 0.3) is 11.0 Å². The lowest BCUT2D eigenvalue weighted by Gasteiger charge is -2.55. The molecule has 2 aliphatic heterocycles. The van der Waals surface area contributed by atoms with Crippen molar-refractivity contribution >= 4 is 38.5 Å². The summed E-state index contributed by atoms with van der Waals surface area (Å²) in [6.07, 6.45) is 14.8. The Morgan fingerprint density at radius 1 is 0.949 bits per heavy atom. The molecule has 2 aromatic carbocycles. The highest BCUT2D eigenvalue weighted by molar-refractivity contribution is 7.90. The van der Waals surface area contributed by atoms with Gasteiger partial charge in [0.2, 0.25) is 0 Å². The van der Waals surface area contributed by atoms with Gasteiger partial charge in [0.25, 0.3) is 15.9 Å². The fourth-order valence-electron chi connectivity index (χ4n) is 9.83. The summed E-state index contributed by atoms with van der Waals surface area (Å²) < 4.78 is 35.6. The van der Waals surface area contributed by atoms with Crippen LogP contribution in [0, 0.1) is 11.3 Å². The van der Waals surface area contributed by atoms with Crippen LogP contribution in [0.1, 0.15) is 93.1 Å². The number of fused-ring (bicyclic) bond motifs is 1. The number of benzene rings is 2. The summed E-state index contributed by atoms with van der Waals surface area (Å²) in [5.41, 5.74) is 2.11. The molecule has 1 unspecified atom stereocenters. The van der Waals surface area contributed by atoms with Crippen molar-refractivity contribution in [3.63, 3.8) is 0 Å². The highest BCUT2D eigenvalue weighted by atomic mass is 32.2. The predicted molar refractivity (Wildman–Crippen MR) is 226 cm³/mol. The largest absolute Gasteiger partial charge is 0.506 e. The molecule has 5 aromatic rings. The van der Waals surface area contributed by atoms with E-state index in [1.807, 2.05) is 13.0 Å². The Bertz CT molecular complexity index is 2410. The number of ether oxygens (including phenoxy) is 1. The minimum absolute atomic E-state index is 0.0608. The van der Waals surface area contributed by atoms with Gasteiger partial charge in [-0.05, 0) is 119 Å². The molecule has 0 bridgehead atoms. The molecule has 14 heteroatoms. The number of aliphatic hydroxyl groups is 1. The average molecular weight is 820 g/mol. The number of carbonyl (C=O) groups excluding carboxylic acids is 1. The first-order valence-corrected chi connectivity index (χ1v) is 22.4. The summed E-state index contributed by atoms with van der Waals surface area (Å²) in [6, 6.07) is 21.4. The van der Waals surface area contributed by atoms with Crippen LogP contribution >= 0.6 is 0 Å². The van der Waals surface area contributed by atoms with Crippen molar-refractivity contribution in [3.05, 3.63) is 96.4 Å². The second-order valence-electron chi connectivity index (χ2n) is 17.5. The number of rotatable bonds is 11. The zero-order chi connectivity index (χ0) is 40.8. The van der Waals surface area contributed by atoms with Crippen molar-refractivity contribution in [1.82, 2.24) is 24.6 Å². The molecule has 3 aromatic heterocycles. The highest BCUT2D eigenvalue weighted by Gasteiger charge is 2.50. The summed E-state index contributed by atoms with van der Waals surface area (Å²) >= 11 is 0. The Labute approximate surface area is 345 Å². The lowest BCUT2D eigenvalue weighted by atomic mass is 9.60. The fourth-order valence-corrected chi connectivity index (χ4v) is 10.8. The van der Waals surface area contributed by atoms with E-state index in [0.717, 1.165) is 56.8 Å². The van der Waals surface area contributed by atoms with Crippen LogP contribution in [-0.2, 0) is 10.0 Å². The number of piperidine rings is 1. The van der Waals surface area contributed by atoms with Crippen LogP contribution in [0.2, 0.25) is 0 Å². The highest BCUT2D eigenvalue weighted by Crippen LogP contribution is 2.54. The lowest BCUT2D eigenvalue weighted by molar-refractivity contribution is -0.0227. The van der Waals surface area contributed by atoms with Gasteiger partial charge < -0.3 is 30.2 Å². The second-order valence-corrected chi connectivity index (χ2v) is 19.2. The van der Waals surface area contributed by atoms with Gasteiger partial charge in [0.1, 0.15) is 34.3 Å². The van der Waals surface area contributed by atoms with Crippen molar-refractivity contribution in [2.75, 3.05) is 36.4 Å². The summed E-state index contributed by atoms with van der Waals surface area (Å²) in [4.78, 5) is 30.7. The Kier molecular flexibility index (Phi) is 10.5. The minimum Gasteiger partial charge on any atom is -0.506 e. The standard InChI is InChI=1S/C45H53N7O6S/c1-44(55)14-11-30(12-15-44)27-47-37-10-9-35(23-39(37)53)59(56,57)50-43(54)36-29-48-41(24-40(36)58-34-22-32-13-18-46-42(32)49-28-34)51-20-16-45(17-21-51)25-33(26-45)52-19-5-8-38(52)31-6-3-2-4-7-31/h2-4,6-7,9-10,13,18,22-24,28-30,33,38,47,53,55H,5,8,11-12,14-17,19-21,25-27H2,1H3,(H,46,49)(H,50,54). The molecule has 5 N–H and O–H groups in total. The molecule has 59 heavy (non-hydrogen) atoms. The van der Waals surface area contributed by atoms with Crippen molar-refractivity contribution < 1.29 is 28.2 Å². The van der Waals surface area contributed by atoms with Gasteiger partial charge in [-0.3, -0.25) is 9.69 Å². The number of pyridine rings is 2. The Morgan fingerprint density at radius 3 is 2.49 bits per heavy atom. The zero-order valence-corrected chi connectivity index (χ0v) is 34.3. The number of sulfonamides is 1. The number of likely N-dealkylation sites (tertiary alicyclic amines) is 1. The normalized spacial score (nSPS) is 23.6. The Balaban J connectivity index is 0.881. The molecule has 9 rings (SSSR count). The van der Waals surface area contributed by atoms with Gasteiger partial charge in [-0.2, -0.15) is 0 Å². The third kappa shape index (κ3) is 8.35. The van der Waals surface area contributed by atoms with Gasteiger partial charge >= 0.3 is 0 Å². The van der Waals surface area contributed by atoms with Gasteiger partial charge in [0.05, 0.1) is 22.4 Å². The van der Waals surface area contributed by atoms with Crippen LogP contribution < -0.4 is 19.7 Å². The molecule has 1 amide bonds. The van der Waals surface area contributed by atoms with E-state index in [-0.39, 0.29) is 22.0 Å². The molecule has 4 fully saturated rings. The van der Waals surface area contributed by atoms with E-state index in [1.54, 1.807) is 24.5 Å².